The highest BCUT2D eigenvalue weighted by molar-refractivity contribution is 5.91. The number of ether oxygens (including phenoxy) is 1. The number of piperazine rings is 1. The second-order valence-corrected chi connectivity index (χ2v) is 9.46. The first-order valence-corrected chi connectivity index (χ1v) is 12.8. The smallest absolute Gasteiger partial charge is 0.337 e. The molecule has 7 nitrogen and oxygen atoms in total. The highest BCUT2D eigenvalue weighted by atomic mass is 16.5. The number of hydrogen-bond acceptors (Lipinski definition) is 5. The van der Waals surface area contributed by atoms with Crippen LogP contribution in [0.4, 0.5) is 5.69 Å². The van der Waals surface area contributed by atoms with Crippen molar-refractivity contribution in [2.45, 2.75) is 33.4 Å². The van der Waals surface area contributed by atoms with Gasteiger partial charge in [0.05, 0.1) is 12.7 Å². The number of aromatic nitrogens is 1. The summed E-state index contributed by atoms with van der Waals surface area (Å²) in [5.41, 5.74) is 5.52. The molecule has 0 spiro atoms. The number of carbonyl (C=O) groups is 1. The van der Waals surface area contributed by atoms with Crippen LogP contribution in [-0.4, -0.2) is 66.9 Å². The van der Waals surface area contributed by atoms with E-state index < -0.39 is 5.97 Å². The van der Waals surface area contributed by atoms with Gasteiger partial charge in [0, 0.05) is 61.9 Å². The number of rotatable bonds is 11. The van der Waals surface area contributed by atoms with E-state index in [0.29, 0.717) is 18.7 Å². The third kappa shape index (κ3) is 6.09. The number of benzene rings is 2. The average Bonchev–Trinajstić information content (AvgIpc) is 3.14. The van der Waals surface area contributed by atoms with Gasteiger partial charge in [0.15, 0.2) is 0 Å². The van der Waals surface area contributed by atoms with Gasteiger partial charge >= 0.3 is 5.97 Å². The van der Waals surface area contributed by atoms with E-state index in [1.807, 2.05) is 38.1 Å². The molecule has 2 N–H and O–H groups in total. The molecule has 0 atom stereocenters. The fraction of sp³-hybridized carbons (Fsp3) is 0.414. The Morgan fingerprint density at radius 2 is 1.67 bits per heavy atom. The summed E-state index contributed by atoms with van der Waals surface area (Å²) in [5, 5.41) is 13.4. The van der Waals surface area contributed by atoms with Crippen LogP contribution in [0, 0.1) is 13.8 Å². The van der Waals surface area contributed by atoms with E-state index in [2.05, 4.69) is 50.0 Å². The molecule has 192 valence electrons. The Bertz CT molecular complexity index is 1130. The van der Waals surface area contributed by atoms with Crippen molar-refractivity contribution in [2.24, 2.45) is 0 Å². The summed E-state index contributed by atoms with van der Waals surface area (Å²) in [6.45, 7) is 11.3. The molecule has 1 fully saturated rings. The first-order chi connectivity index (χ1) is 17.5. The van der Waals surface area contributed by atoms with Crippen LogP contribution in [0.2, 0.25) is 0 Å². The zero-order chi connectivity index (χ0) is 25.5. The SMILES string of the molecule is COc1ccc(Cn2c(C)c(CNCCCN3CCN(c4ccccc4)CC3)c(C(=O)O)c2C)cc1. The lowest BCUT2D eigenvalue weighted by Gasteiger charge is -2.36. The van der Waals surface area contributed by atoms with E-state index in [9.17, 15) is 9.90 Å². The van der Waals surface area contributed by atoms with Gasteiger partial charge in [-0.3, -0.25) is 4.90 Å². The van der Waals surface area contributed by atoms with Gasteiger partial charge < -0.3 is 24.6 Å². The lowest BCUT2D eigenvalue weighted by Crippen LogP contribution is -2.46. The topological polar surface area (TPSA) is 70.0 Å². The van der Waals surface area contributed by atoms with E-state index >= 15 is 0 Å². The predicted octanol–water partition coefficient (Wildman–Crippen LogP) is 4.16. The Kier molecular flexibility index (Phi) is 8.67. The largest absolute Gasteiger partial charge is 0.497 e. The molecule has 0 radical (unpaired) electrons. The van der Waals surface area contributed by atoms with Crippen LogP contribution in [0.1, 0.15) is 39.3 Å². The Labute approximate surface area is 214 Å². The van der Waals surface area contributed by atoms with Gasteiger partial charge in [0.1, 0.15) is 5.75 Å². The summed E-state index contributed by atoms with van der Waals surface area (Å²) in [4.78, 5) is 17.1. The number of carboxylic acid groups (broad SMARTS) is 1. The van der Waals surface area contributed by atoms with Crippen molar-refractivity contribution < 1.29 is 14.6 Å². The molecule has 2 heterocycles. The van der Waals surface area contributed by atoms with Crippen molar-refractivity contribution in [3.05, 3.63) is 82.7 Å². The Hall–Kier alpha value is -3.29. The minimum absolute atomic E-state index is 0.422. The number of nitrogens with one attached hydrogen (secondary N) is 1. The third-order valence-corrected chi connectivity index (χ3v) is 7.25. The van der Waals surface area contributed by atoms with E-state index in [1.165, 1.54) is 5.69 Å². The maximum Gasteiger partial charge on any atom is 0.337 e. The summed E-state index contributed by atoms with van der Waals surface area (Å²) in [6.07, 6.45) is 1.04. The molecule has 36 heavy (non-hydrogen) atoms. The number of nitrogens with zero attached hydrogens (tertiary/aromatic N) is 3. The molecule has 0 aliphatic carbocycles. The van der Waals surface area contributed by atoms with Crippen molar-refractivity contribution >= 4 is 11.7 Å². The van der Waals surface area contributed by atoms with Crippen molar-refractivity contribution in [1.29, 1.82) is 0 Å². The summed E-state index contributed by atoms with van der Waals surface area (Å²) < 4.78 is 7.36. The van der Waals surface area contributed by atoms with Crippen LogP contribution in [0.15, 0.2) is 54.6 Å². The zero-order valence-electron chi connectivity index (χ0n) is 21.7. The molecule has 7 heteroatoms. The first kappa shape index (κ1) is 25.8. The molecule has 1 aliphatic rings. The maximum absolute atomic E-state index is 12.1. The maximum atomic E-state index is 12.1. The molecule has 1 saturated heterocycles. The molecule has 0 amide bonds. The van der Waals surface area contributed by atoms with Crippen LogP contribution < -0.4 is 15.0 Å². The van der Waals surface area contributed by atoms with Gasteiger partial charge in [0.2, 0.25) is 0 Å². The first-order valence-electron chi connectivity index (χ1n) is 12.8. The fourth-order valence-corrected chi connectivity index (χ4v) is 5.11. The molecule has 4 rings (SSSR count). The van der Waals surface area contributed by atoms with Gasteiger partial charge in [-0.25, -0.2) is 4.79 Å². The molecular formula is C29H38N4O3. The molecule has 0 unspecified atom stereocenters. The van der Waals surface area contributed by atoms with Crippen molar-refractivity contribution in [2.75, 3.05) is 51.3 Å². The minimum Gasteiger partial charge on any atom is -0.497 e. The van der Waals surface area contributed by atoms with Gasteiger partial charge in [-0.15, -0.1) is 0 Å². The van der Waals surface area contributed by atoms with Crippen molar-refractivity contribution in [3.8, 4) is 5.75 Å². The Balaban J connectivity index is 1.28. The van der Waals surface area contributed by atoms with Crippen LogP contribution in [-0.2, 0) is 13.1 Å². The molecule has 1 aliphatic heterocycles. The van der Waals surface area contributed by atoms with E-state index in [4.69, 9.17) is 4.74 Å². The number of para-hydroxylation sites is 1. The fourth-order valence-electron chi connectivity index (χ4n) is 5.11. The number of carboxylic acids is 1. The summed E-state index contributed by atoms with van der Waals surface area (Å²) in [6, 6.07) is 18.5. The van der Waals surface area contributed by atoms with E-state index in [0.717, 1.165) is 74.0 Å². The predicted molar refractivity (Wildman–Crippen MR) is 144 cm³/mol. The second kappa shape index (κ2) is 12.1. The molecule has 0 saturated carbocycles. The quantitative estimate of drug-likeness (QED) is 0.394. The monoisotopic (exact) mass is 490 g/mol. The zero-order valence-corrected chi connectivity index (χ0v) is 21.7. The normalized spacial score (nSPS) is 14.2. The van der Waals surface area contributed by atoms with Crippen LogP contribution in [0.25, 0.3) is 0 Å². The van der Waals surface area contributed by atoms with Gasteiger partial charge in [-0.2, -0.15) is 0 Å². The minimum atomic E-state index is -0.864. The van der Waals surface area contributed by atoms with Crippen molar-refractivity contribution in [3.63, 3.8) is 0 Å². The van der Waals surface area contributed by atoms with Crippen LogP contribution >= 0.6 is 0 Å². The summed E-state index contributed by atoms with van der Waals surface area (Å²) in [7, 11) is 1.65. The van der Waals surface area contributed by atoms with Gasteiger partial charge in [-0.1, -0.05) is 30.3 Å². The van der Waals surface area contributed by atoms with Crippen molar-refractivity contribution in [1.82, 2.24) is 14.8 Å². The molecule has 2 aromatic carbocycles. The lowest BCUT2D eigenvalue weighted by atomic mass is 10.1. The molecule has 0 bridgehead atoms. The molecule has 3 aromatic rings. The number of methoxy groups -OCH3 is 1. The molecular weight excluding hydrogens is 452 g/mol. The Morgan fingerprint density at radius 1 is 0.972 bits per heavy atom. The van der Waals surface area contributed by atoms with Crippen LogP contribution in [0.3, 0.4) is 0 Å². The summed E-state index contributed by atoms with van der Waals surface area (Å²) >= 11 is 0. The number of hydrogen-bond donors (Lipinski definition) is 2. The van der Waals surface area contributed by atoms with Gasteiger partial charge in [-0.05, 0) is 63.2 Å². The highest BCUT2D eigenvalue weighted by Crippen LogP contribution is 2.24. The van der Waals surface area contributed by atoms with E-state index in [-0.39, 0.29) is 0 Å². The highest BCUT2D eigenvalue weighted by Gasteiger charge is 2.22. The second-order valence-electron chi connectivity index (χ2n) is 9.46. The molecule has 1 aromatic heterocycles. The lowest BCUT2D eigenvalue weighted by molar-refractivity contribution is 0.0694. The average molecular weight is 491 g/mol. The van der Waals surface area contributed by atoms with E-state index in [1.54, 1.807) is 7.11 Å². The standard InChI is InChI=1S/C29H38N4O3/c1-22-27(28(29(34)35)23(2)33(22)21-24-10-12-26(36-3)13-11-24)20-30-14-7-15-31-16-18-32(19-17-31)25-8-5-4-6-9-25/h4-6,8-13,30H,7,14-21H2,1-3H3,(H,34,35). The number of aromatic carboxylic acids is 1. The Morgan fingerprint density at radius 3 is 2.31 bits per heavy atom. The summed E-state index contributed by atoms with van der Waals surface area (Å²) in [5.74, 6) is -0.0499. The van der Waals surface area contributed by atoms with Crippen LogP contribution in [0.5, 0.6) is 5.75 Å². The third-order valence-electron chi connectivity index (χ3n) is 7.25. The van der Waals surface area contributed by atoms with Gasteiger partial charge in [0.25, 0.3) is 0 Å². The number of anilines is 1.